The Morgan fingerprint density at radius 3 is 2.04 bits per heavy atom. The van der Waals surface area contributed by atoms with Crippen molar-refractivity contribution in [2.24, 2.45) is 0 Å². The van der Waals surface area contributed by atoms with Crippen molar-refractivity contribution in [3.63, 3.8) is 0 Å². The zero-order valence-corrected chi connectivity index (χ0v) is 29.2. The second-order valence-electron chi connectivity index (χ2n) is 13.6. The summed E-state index contributed by atoms with van der Waals surface area (Å²) in [6.07, 6.45) is 3.10. The van der Waals surface area contributed by atoms with E-state index in [1.54, 1.807) is 4.90 Å². The second kappa shape index (κ2) is 15.5. The largest absolute Gasteiger partial charge is 0.465 e. The van der Waals surface area contributed by atoms with Crippen LogP contribution in [0.3, 0.4) is 0 Å². The fourth-order valence-electron chi connectivity index (χ4n) is 7.20. The number of hydrogen-bond acceptors (Lipinski definition) is 7. The molecule has 2 saturated heterocycles. The van der Waals surface area contributed by atoms with Gasteiger partial charge in [-0.05, 0) is 66.6 Å². The average molecular weight is 695 g/mol. The minimum atomic E-state index is -0.961. The van der Waals surface area contributed by atoms with Crippen LogP contribution in [0, 0.1) is 0 Å². The van der Waals surface area contributed by atoms with Crippen LogP contribution in [0.4, 0.5) is 9.59 Å². The lowest BCUT2D eigenvalue weighted by atomic mass is 10.0. The number of imidazole rings is 2. The van der Waals surface area contributed by atoms with E-state index in [9.17, 15) is 14.7 Å². The Bertz CT molecular complexity index is 1960. The second-order valence-corrected chi connectivity index (χ2v) is 13.6. The number of aromatic nitrogens is 4. The number of hydrogen-bond donors (Lipinski definition) is 3. The van der Waals surface area contributed by atoms with Gasteiger partial charge in [-0.25, -0.2) is 19.6 Å². The number of carbonyl (C=O) groups is 2. The summed E-state index contributed by atoms with van der Waals surface area (Å²) in [7, 11) is 0. The summed E-state index contributed by atoms with van der Waals surface area (Å²) in [5.74, 6) is 1.38. The summed E-state index contributed by atoms with van der Waals surface area (Å²) >= 11 is 0. The van der Waals surface area contributed by atoms with Gasteiger partial charge in [0.1, 0.15) is 18.3 Å². The highest BCUT2D eigenvalue weighted by molar-refractivity contribution is 5.77. The molecule has 5 aromatic rings. The maximum atomic E-state index is 13.3. The molecule has 2 fully saturated rings. The number of amides is 2. The Labute approximate surface area is 297 Å². The topological polar surface area (TPSA) is 146 Å². The molecule has 0 unspecified atom stereocenters. The Hall–Kier alpha value is -4.94. The lowest BCUT2D eigenvalue weighted by molar-refractivity contribution is 0.0540. The molecule has 4 atom stereocenters. The normalized spacial score (nSPS) is 20.5. The number of nitrogens with zero attached hydrogens (tertiary/aromatic N) is 4. The maximum Gasteiger partial charge on any atom is 0.410 e. The first-order valence-electron chi connectivity index (χ1n) is 18.1. The predicted octanol–water partition coefficient (Wildman–Crippen LogP) is 7.32. The van der Waals surface area contributed by atoms with E-state index in [-0.39, 0.29) is 37.0 Å². The Morgan fingerprint density at radius 1 is 0.745 bits per heavy atom. The average Bonchev–Trinajstić information content (AvgIpc) is 3.95. The van der Waals surface area contributed by atoms with Gasteiger partial charge in [-0.3, -0.25) is 9.80 Å². The van der Waals surface area contributed by atoms with Gasteiger partial charge >= 0.3 is 12.2 Å². The van der Waals surface area contributed by atoms with Gasteiger partial charge in [0.15, 0.2) is 0 Å². The van der Waals surface area contributed by atoms with Gasteiger partial charge in [0.2, 0.25) is 0 Å². The summed E-state index contributed by atoms with van der Waals surface area (Å²) in [6.45, 7) is 6.38. The number of carbonyl (C=O) groups excluding carboxylic acids is 1. The Balaban J connectivity index is 1.02. The van der Waals surface area contributed by atoms with Gasteiger partial charge in [0.05, 0.1) is 59.4 Å². The fraction of sp³-hybridized carbons (Fsp3) is 0.436. The molecule has 2 amide bonds. The fourth-order valence-corrected chi connectivity index (χ4v) is 7.20. The molecule has 7 rings (SSSR count). The van der Waals surface area contributed by atoms with Gasteiger partial charge in [0.25, 0.3) is 0 Å². The quantitative estimate of drug-likeness (QED) is 0.116. The molecule has 51 heavy (non-hydrogen) atoms. The number of rotatable bonds is 13. The molecular formula is C39H46N6O6. The van der Waals surface area contributed by atoms with Gasteiger partial charge in [-0.15, -0.1) is 0 Å². The van der Waals surface area contributed by atoms with Crippen LogP contribution >= 0.6 is 0 Å². The standard InChI is InChI=1S/C39H46N6O6/c1-3-16-49-28-20-34(44(22-28)38(46)47)36-40-30-14-12-25(18-32(30)42-36)10-11-26-13-15-31-33(19-26)43-37(41-31)35-21-29(50-17-4-2)23-45(35)39(48)51-24-27-8-6-5-7-9-27/h5-9,12-15,18-19,28-29,34-35H,3-4,10-11,16-17,20-24H2,1-2H3,(H,40,42)(H,41,43)(H,46,47)/t28-,29-,34+,35+/m1/s1. The van der Waals surface area contributed by atoms with Crippen molar-refractivity contribution in [2.45, 2.75) is 83.3 Å². The molecule has 2 aromatic heterocycles. The van der Waals surface area contributed by atoms with Crippen LogP contribution in [0.15, 0.2) is 66.7 Å². The number of ether oxygens (including phenoxy) is 3. The van der Waals surface area contributed by atoms with E-state index in [2.05, 4.69) is 41.2 Å². The number of aromatic amines is 2. The number of H-pyrrole nitrogens is 2. The lowest BCUT2D eigenvalue weighted by Crippen LogP contribution is -2.33. The van der Waals surface area contributed by atoms with Crippen LogP contribution < -0.4 is 0 Å². The highest BCUT2D eigenvalue weighted by atomic mass is 16.6. The summed E-state index contributed by atoms with van der Waals surface area (Å²) in [4.78, 5) is 45.1. The highest BCUT2D eigenvalue weighted by Crippen LogP contribution is 2.35. The Morgan fingerprint density at radius 2 is 1.35 bits per heavy atom. The van der Waals surface area contributed by atoms with Crippen molar-refractivity contribution in [2.75, 3.05) is 26.3 Å². The van der Waals surface area contributed by atoms with E-state index < -0.39 is 6.09 Å². The first kappa shape index (κ1) is 34.5. The summed E-state index contributed by atoms with van der Waals surface area (Å²) in [5, 5.41) is 9.83. The monoisotopic (exact) mass is 694 g/mol. The van der Waals surface area contributed by atoms with Gasteiger partial charge in [0, 0.05) is 26.1 Å². The summed E-state index contributed by atoms with van der Waals surface area (Å²) in [5.41, 5.74) is 6.72. The molecule has 0 radical (unpaired) electrons. The molecule has 2 aliphatic rings. The van der Waals surface area contributed by atoms with Crippen LogP contribution in [0.5, 0.6) is 0 Å². The van der Waals surface area contributed by atoms with Crippen molar-refractivity contribution in [3.05, 3.63) is 95.1 Å². The van der Waals surface area contributed by atoms with Crippen LogP contribution in [0.2, 0.25) is 0 Å². The van der Waals surface area contributed by atoms with Crippen molar-refractivity contribution < 1.29 is 28.9 Å². The maximum absolute atomic E-state index is 13.3. The van der Waals surface area contributed by atoms with Crippen LogP contribution in [-0.4, -0.2) is 85.5 Å². The van der Waals surface area contributed by atoms with E-state index in [1.165, 1.54) is 4.90 Å². The number of likely N-dealkylation sites (tertiary alicyclic amines) is 2. The zero-order valence-electron chi connectivity index (χ0n) is 29.2. The predicted molar refractivity (Wildman–Crippen MR) is 192 cm³/mol. The first-order chi connectivity index (χ1) is 24.9. The van der Waals surface area contributed by atoms with E-state index in [0.29, 0.717) is 45.0 Å². The number of benzene rings is 3. The SMILES string of the molecule is CCCO[C@@H]1C[C@@H](c2nc3cc(CCc4ccc5nc([C@@H]6C[C@@H](OCCC)CN6C(=O)OCc6ccccc6)[nH]c5c4)ccc3[nH]2)N(C(=O)O)C1. The third-order valence-electron chi connectivity index (χ3n) is 9.79. The molecular weight excluding hydrogens is 648 g/mol. The zero-order chi connectivity index (χ0) is 35.3. The molecule has 3 N–H and O–H groups in total. The summed E-state index contributed by atoms with van der Waals surface area (Å²) in [6, 6.07) is 21.5. The molecule has 0 saturated carbocycles. The van der Waals surface area contributed by atoms with Gasteiger partial charge in [-0.1, -0.05) is 56.3 Å². The number of carboxylic acid groups (broad SMARTS) is 1. The number of aryl methyl sites for hydroxylation is 2. The van der Waals surface area contributed by atoms with Crippen molar-refractivity contribution >= 4 is 34.3 Å². The minimum absolute atomic E-state index is 0.0862. The van der Waals surface area contributed by atoms with Gasteiger partial charge < -0.3 is 29.3 Å². The van der Waals surface area contributed by atoms with E-state index in [0.717, 1.165) is 70.3 Å². The highest BCUT2D eigenvalue weighted by Gasteiger charge is 2.40. The van der Waals surface area contributed by atoms with Crippen molar-refractivity contribution in [1.82, 2.24) is 29.7 Å². The van der Waals surface area contributed by atoms with E-state index >= 15 is 0 Å². The molecule has 3 aromatic carbocycles. The van der Waals surface area contributed by atoms with E-state index in [1.807, 2.05) is 49.4 Å². The molecule has 268 valence electrons. The van der Waals surface area contributed by atoms with Crippen molar-refractivity contribution in [3.8, 4) is 0 Å². The van der Waals surface area contributed by atoms with Crippen LogP contribution in [0.1, 0.15) is 80.0 Å². The van der Waals surface area contributed by atoms with Gasteiger partial charge in [-0.2, -0.15) is 0 Å². The van der Waals surface area contributed by atoms with E-state index in [4.69, 9.17) is 24.2 Å². The molecule has 0 bridgehead atoms. The molecule has 12 heteroatoms. The Kier molecular flexibility index (Phi) is 10.5. The summed E-state index contributed by atoms with van der Waals surface area (Å²) < 4.78 is 17.7. The smallest absolute Gasteiger partial charge is 0.410 e. The molecule has 0 aliphatic carbocycles. The number of nitrogens with one attached hydrogen (secondary N) is 2. The molecule has 12 nitrogen and oxygen atoms in total. The third-order valence-corrected chi connectivity index (χ3v) is 9.79. The first-order valence-corrected chi connectivity index (χ1v) is 18.1. The lowest BCUT2D eigenvalue weighted by Gasteiger charge is -2.22. The van der Waals surface area contributed by atoms with Crippen LogP contribution in [0.25, 0.3) is 22.1 Å². The van der Waals surface area contributed by atoms with Crippen molar-refractivity contribution in [1.29, 1.82) is 0 Å². The molecule has 4 heterocycles. The van der Waals surface area contributed by atoms with Crippen LogP contribution in [-0.2, 0) is 33.7 Å². The third kappa shape index (κ3) is 7.87. The molecule has 0 spiro atoms. The molecule has 2 aliphatic heterocycles. The number of fused-ring (bicyclic) bond motifs is 2. The minimum Gasteiger partial charge on any atom is -0.465 e.